The molecule has 0 amide bonds. The Balaban J connectivity index is 1.86. The minimum Gasteiger partial charge on any atom is -0.496 e. The van der Waals surface area contributed by atoms with Crippen molar-refractivity contribution in [1.82, 2.24) is 4.98 Å². The van der Waals surface area contributed by atoms with Crippen molar-refractivity contribution in [2.45, 2.75) is 26.4 Å². The van der Waals surface area contributed by atoms with Crippen LogP contribution in [0.1, 0.15) is 40.7 Å². The number of ether oxygens (including phenoxy) is 2. The van der Waals surface area contributed by atoms with Gasteiger partial charge in [-0.3, -0.25) is 4.79 Å². The molecule has 0 fully saturated rings. The van der Waals surface area contributed by atoms with Crippen LogP contribution >= 0.6 is 0 Å². The van der Waals surface area contributed by atoms with Gasteiger partial charge in [-0.15, -0.1) is 0 Å². The number of methoxy groups -OCH3 is 1. The summed E-state index contributed by atoms with van der Waals surface area (Å²) in [5.74, 6) is -0.864. The van der Waals surface area contributed by atoms with E-state index >= 15 is 0 Å². The van der Waals surface area contributed by atoms with Gasteiger partial charge in [-0.2, -0.15) is 5.26 Å². The lowest BCUT2D eigenvalue weighted by Crippen LogP contribution is -2.30. The average Bonchev–Trinajstić information content (AvgIpc) is 2.84. The molecule has 0 saturated heterocycles. The summed E-state index contributed by atoms with van der Waals surface area (Å²) < 4.78 is 11.2. The molecule has 0 spiro atoms. The van der Waals surface area contributed by atoms with Crippen LogP contribution in [0.4, 0.5) is 5.69 Å². The van der Waals surface area contributed by atoms with Gasteiger partial charge >= 0.3 is 5.97 Å². The predicted octanol–water partition coefficient (Wildman–Crippen LogP) is 4.14. The first kappa shape index (κ1) is 21.9. The van der Waals surface area contributed by atoms with E-state index in [1.807, 2.05) is 37.3 Å². The van der Waals surface area contributed by atoms with Gasteiger partial charge in [0, 0.05) is 17.5 Å². The maximum Gasteiger partial charge on any atom is 0.337 e. The second-order valence-electron chi connectivity index (χ2n) is 7.82. The number of carbonyl (C=O) groups excluding carboxylic acids is 1. The van der Waals surface area contributed by atoms with Crippen molar-refractivity contribution < 1.29 is 14.3 Å². The minimum absolute atomic E-state index is 0.102. The number of hydrogen-bond acceptors (Lipinski definition) is 6. The van der Waals surface area contributed by atoms with E-state index < -0.39 is 11.9 Å². The number of anilines is 1. The first-order valence-corrected chi connectivity index (χ1v) is 10.4. The molecule has 33 heavy (non-hydrogen) atoms. The van der Waals surface area contributed by atoms with E-state index in [2.05, 4.69) is 16.4 Å². The fraction of sp³-hybridized carbons (Fsp3) is 0.192. The number of benzene rings is 2. The molecule has 0 radical (unpaired) electrons. The molecule has 4 rings (SSSR count). The number of aryl methyl sites for hydroxylation is 1. The summed E-state index contributed by atoms with van der Waals surface area (Å²) in [7, 11) is 1.49. The van der Waals surface area contributed by atoms with Gasteiger partial charge in [0.15, 0.2) is 0 Å². The Morgan fingerprint density at radius 3 is 2.61 bits per heavy atom. The SMILES string of the molecule is COc1cc(C#N)ccc1C1C(C(=O)OCc2ccccc2)=C(C)Nc2c(C)c[nH]c(=O)c21. The lowest BCUT2D eigenvalue weighted by Gasteiger charge is -2.31. The molecule has 2 heterocycles. The third-order valence-electron chi connectivity index (χ3n) is 5.73. The van der Waals surface area contributed by atoms with E-state index in [1.54, 1.807) is 31.3 Å². The number of allylic oxidation sites excluding steroid dienone is 1. The quantitative estimate of drug-likeness (QED) is 0.577. The molecule has 1 atom stereocenters. The fourth-order valence-corrected chi connectivity index (χ4v) is 4.11. The Hall–Kier alpha value is -4.31. The lowest BCUT2D eigenvalue weighted by atomic mass is 9.80. The first-order valence-electron chi connectivity index (χ1n) is 10.4. The summed E-state index contributed by atoms with van der Waals surface area (Å²) in [5.41, 5.74) is 4.33. The number of carbonyl (C=O) groups is 1. The molecule has 0 bridgehead atoms. The van der Waals surface area contributed by atoms with Crippen LogP contribution in [-0.4, -0.2) is 18.1 Å². The smallest absolute Gasteiger partial charge is 0.337 e. The summed E-state index contributed by atoms with van der Waals surface area (Å²) in [4.78, 5) is 29.1. The Bertz CT molecular complexity index is 1350. The zero-order chi connectivity index (χ0) is 23.5. The minimum atomic E-state index is -0.740. The first-order chi connectivity index (χ1) is 15.9. The molecular weight excluding hydrogens is 418 g/mol. The topological polar surface area (TPSA) is 104 Å². The largest absolute Gasteiger partial charge is 0.496 e. The fourth-order valence-electron chi connectivity index (χ4n) is 4.11. The highest BCUT2D eigenvalue weighted by Gasteiger charge is 2.37. The van der Waals surface area contributed by atoms with Crippen molar-refractivity contribution in [1.29, 1.82) is 5.26 Å². The molecule has 1 unspecified atom stereocenters. The number of rotatable bonds is 5. The van der Waals surface area contributed by atoms with Gasteiger partial charge in [0.1, 0.15) is 12.4 Å². The highest BCUT2D eigenvalue weighted by molar-refractivity contribution is 5.95. The predicted molar refractivity (Wildman–Crippen MR) is 124 cm³/mol. The third-order valence-corrected chi connectivity index (χ3v) is 5.73. The number of H-pyrrole nitrogens is 1. The Kier molecular flexibility index (Phi) is 6.01. The van der Waals surface area contributed by atoms with Crippen LogP contribution in [-0.2, 0) is 16.1 Å². The summed E-state index contributed by atoms with van der Waals surface area (Å²) >= 11 is 0. The number of nitrogens with zero attached hydrogens (tertiary/aromatic N) is 1. The zero-order valence-electron chi connectivity index (χ0n) is 18.6. The van der Waals surface area contributed by atoms with Gasteiger partial charge in [-0.1, -0.05) is 36.4 Å². The van der Waals surface area contributed by atoms with Crippen molar-refractivity contribution in [2.24, 2.45) is 0 Å². The van der Waals surface area contributed by atoms with E-state index in [1.165, 1.54) is 7.11 Å². The number of nitriles is 1. The highest BCUT2D eigenvalue weighted by atomic mass is 16.5. The molecule has 7 heteroatoms. The van der Waals surface area contributed by atoms with E-state index in [9.17, 15) is 14.9 Å². The monoisotopic (exact) mass is 441 g/mol. The number of hydrogen-bond donors (Lipinski definition) is 2. The van der Waals surface area contributed by atoms with E-state index in [-0.39, 0.29) is 12.2 Å². The van der Waals surface area contributed by atoms with E-state index in [0.717, 1.165) is 11.1 Å². The molecule has 2 aromatic carbocycles. The Labute approximate surface area is 191 Å². The maximum atomic E-state index is 13.4. The number of nitrogens with one attached hydrogen (secondary N) is 2. The standard InChI is InChI=1S/C26H23N3O4/c1-15-13-28-25(30)23-22(19-10-9-18(12-27)11-20(19)32-3)21(16(2)29-24(15)23)26(31)33-14-17-7-5-4-6-8-17/h4-11,13,22,29H,14H2,1-3H3,(H,28,30). The second kappa shape index (κ2) is 9.05. The van der Waals surface area contributed by atoms with Gasteiger partial charge in [-0.25, -0.2) is 4.79 Å². The van der Waals surface area contributed by atoms with Gasteiger partial charge in [0.2, 0.25) is 0 Å². The number of pyridine rings is 1. The lowest BCUT2D eigenvalue weighted by molar-refractivity contribution is -0.140. The molecular formula is C26H23N3O4. The van der Waals surface area contributed by atoms with Gasteiger partial charge in [-0.05, 0) is 37.1 Å². The molecule has 2 N–H and O–H groups in total. The Morgan fingerprint density at radius 1 is 1.15 bits per heavy atom. The normalized spacial score (nSPS) is 14.7. The van der Waals surface area contributed by atoms with Gasteiger partial charge in [0.25, 0.3) is 5.56 Å². The van der Waals surface area contributed by atoms with Crippen LogP contribution in [0.15, 0.2) is 70.8 Å². The molecule has 1 aliphatic rings. The van der Waals surface area contributed by atoms with Crippen LogP contribution in [0.2, 0.25) is 0 Å². The van der Waals surface area contributed by atoms with Gasteiger partial charge in [0.05, 0.1) is 41.5 Å². The average molecular weight is 441 g/mol. The maximum absolute atomic E-state index is 13.4. The summed E-state index contributed by atoms with van der Waals surface area (Å²) in [6.45, 7) is 3.76. The molecule has 0 saturated carbocycles. The van der Waals surface area contributed by atoms with Gasteiger partial charge < -0.3 is 19.8 Å². The number of aromatic amines is 1. The summed E-state index contributed by atoms with van der Waals surface area (Å²) in [5, 5.41) is 12.5. The third kappa shape index (κ3) is 4.11. The molecule has 0 aliphatic carbocycles. The van der Waals surface area contributed by atoms with Crippen LogP contribution in [0.3, 0.4) is 0 Å². The molecule has 1 aromatic heterocycles. The molecule has 1 aliphatic heterocycles. The molecule has 7 nitrogen and oxygen atoms in total. The van der Waals surface area contributed by atoms with Crippen LogP contribution in [0.5, 0.6) is 5.75 Å². The molecule has 3 aromatic rings. The van der Waals surface area contributed by atoms with E-state index in [0.29, 0.717) is 39.4 Å². The molecule has 166 valence electrons. The Morgan fingerprint density at radius 2 is 1.91 bits per heavy atom. The van der Waals surface area contributed by atoms with Crippen LogP contribution in [0.25, 0.3) is 0 Å². The second-order valence-corrected chi connectivity index (χ2v) is 7.82. The van der Waals surface area contributed by atoms with Crippen molar-refractivity contribution in [2.75, 3.05) is 12.4 Å². The van der Waals surface area contributed by atoms with Crippen LogP contribution in [0, 0.1) is 18.3 Å². The van der Waals surface area contributed by atoms with E-state index in [4.69, 9.17) is 9.47 Å². The van der Waals surface area contributed by atoms with Crippen molar-refractivity contribution in [3.8, 4) is 11.8 Å². The number of esters is 1. The summed E-state index contributed by atoms with van der Waals surface area (Å²) in [6.07, 6.45) is 1.63. The van der Waals surface area contributed by atoms with Crippen molar-refractivity contribution >= 4 is 11.7 Å². The van der Waals surface area contributed by atoms with Crippen molar-refractivity contribution in [3.05, 3.63) is 104 Å². The number of fused-ring (bicyclic) bond motifs is 1. The van der Waals surface area contributed by atoms with Crippen LogP contribution < -0.4 is 15.6 Å². The number of aromatic nitrogens is 1. The van der Waals surface area contributed by atoms with Crippen molar-refractivity contribution in [3.63, 3.8) is 0 Å². The highest BCUT2D eigenvalue weighted by Crippen LogP contribution is 2.44. The zero-order valence-corrected chi connectivity index (χ0v) is 18.6. The summed E-state index contributed by atoms with van der Waals surface area (Å²) in [6, 6.07) is 16.4.